The van der Waals surface area contributed by atoms with Crippen LogP contribution in [0.1, 0.15) is 50.7 Å². The number of nitrogens with zero attached hydrogens (tertiary/aromatic N) is 4. The molecule has 11 rings (SSSR count). The van der Waals surface area contributed by atoms with Gasteiger partial charge in [-0.3, -0.25) is 8.80 Å². The van der Waals surface area contributed by atoms with Crippen LogP contribution in [0, 0.1) is 0 Å². The summed E-state index contributed by atoms with van der Waals surface area (Å²) in [6, 6.07) is 51.9. The third kappa shape index (κ3) is 4.66. The van der Waals surface area contributed by atoms with Crippen LogP contribution in [-0.2, 0) is 0 Å². The van der Waals surface area contributed by atoms with Crippen molar-refractivity contribution < 1.29 is 4.74 Å². The third-order valence-electron chi connectivity index (χ3n) is 11.5. The average Bonchev–Trinajstić information content (AvgIpc) is 3.81. The molecular weight excluding hydrogens is 673 g/mol. The maximum atomic E-state index is 6.81. The summed E-state index contributed by atoms with van der Waals surface area (Å²) in [5, 5.41) is 6.81. The van der Waals surface area contributed by atoms with Crippen molar-refractivity contribution in [2.45, 2.75) is 39.5 Å². The highest BCUT2D eigenvalue weighted by Crippen LogP contribution is 2.44. The predicted octanol–water partition coefficient (Wildman–Crippen LogP) is 13.6. The van der Waals surface area contributed by atoms with Gasteiger partial charge in [0.1, 0.15) is 22.8 Å². The Hall–Kier alpha value is -6.72. The number of imidazole rings is 2. The van der Waals surface area contributed by atoms with E-state index in [9.17, 15) is 0 Å². The van der Waals surface area contributed by atoms with Crippen LogP contribution in [0.5, 0.6) is 11.5 Å². The molecule has 0 bridgehead atoms. The van der Waals surface area contributed by atoms with Crippen LogP contribution < -0.4 is 4.74 Å². The first kappa shape index (κ1) is 31.8. The summed E-state index contributed by atoms with van der Waals surface area (Å²) in [7, 11) is 0. The number of aromatic nitrogens is 4. The largest absolute Gasteiger partial charge is 0.457 e. The molecule has 0 saturated carbocycles. The van der Waals surface area contributed by atoms with E-state index < -0.39 is 0 Å². The molecule has 5 nitrogen and oxygen atoms in total. The van der Waals surface area contributed by atoms with Crippen LogP contribution in [0.15, 0.2) is 146 Å². The van der Waals surface area contributed by atoms with Crippen molar-refractivity contribution >= 4 is 76.7 Å². The summed E-state index contributed by atoms with van der Waals surface area (Å²) >= 11 is 0. The normalized spacial score (nSPS) is 12.3. The summed E-state index contributed by atoms with van der Waals surface area (Å²) < 4.78 is 11.4. The highest BCUT2D eigenvalue weighted by atomic mass is 16.5. The van der Waals surface area contributed by atoms with Gasteiger partial charge in [-0.25, -0.2) is 9.97 Å². The molecule has 4 aromatic heterocycles. The number of pyridine rings is 2. The van der Waals surface area contributed by atoms with E-state index in [4.69, 9.17) is 14.7 Å². The van der Waals surface area contributed by atoms with Crippen LogP contribution in [0.4, 0.5) is 0 Å². The summed E-state index contributed by atoms with van der Waals surface area (Å²) in [6.45, 7) is 9.19. The number of para-hydroxylation sites is 5. The Kier molecular flexibility index (Phi) is 6.87. The van der Waals surface area contributed by atoms with E-state index in [1.54, 1.807) is 0 Å². The van der Waals surface area contributed by atoms with Gasteiger partial charge >= 0.3 is 0 Å². The van der Waals surface area contributed by atoms with E-state index in [-0.39, 0.29) is 0 Å². The van der Waals surface area contributed by atoms with E-state index in [0.29, 0.717) is 11.8 Å². The lowest BCUT2D eigenvalue weighted by Crippen LogP contribution is -2.01. The van der Waals surface area contributed by atoms with E-state index in [1.807, 2.05) is 6.07 Å². The minimum absolute atomic E-state index is 0.370. The van der Waals surface area contributed by atoms with Gasteiger partial charge < -0.3 is 4.74 Å². The van der Waals surface area contributed by atoms with Crippen LogP contribution in [0.3, 0.4) is 0 Å². The Morgan fingerprint density at radius 2 is 0.945 bits per heavy atom. The quantitative estimate of drug-likeness (QED) is 0.167. The fraction of sp³-hybridized carbons (Fsp3) is 0.120. The molecule has 0 unspecified atom stereocenters. The molecule has 0 N–H and O–H groups in total. The van der Waals surface area contributed by atoms with Crippen molar-refractivity contribution in [3.8, 4) is 22.6 Å². The first-order valence-corrected chi connectivity index (χ1v) is 19.2. The Bertz CT molecular complexity index is 3340. The van der Waals surface area contributed by atoms with Crippen LogP contribution in [-0.4, -0.2) is 18.8 Å². The van der Waals surface area contributed by atoms with E-state index in [2.05, 4.69) is 176 Å². The van der Waals surface area contributed by atoms with Crippen molar-refractivity contribution in [2.24, 2.45) is 0 Å². The van der Waals surface area contributed by atoms with Crippen molar-refractivity contribution in [1.82, 2.24) is 18.8 Å². The number of rotatable bonds is 5. The maximum absolute atomic E-state index is 6.81. The molecule has 0 saturated heterocycles. The Balaban J connectivity index is 1.16. The van der Waals surface area contributed by atoms with Gasteiger partial charge in [0.15, 0.2) is 0 Å². The zero-order valence-corrected chi connectivity index (χ0v) is 31.2. The second kappa shape index (κ2) is 11.9. The highest BCUT2D eigenvalue weighted by Gasteiger charge is 2.22. The lowest BCUT2D eigenvalue weighted by Gasteiger charge is -2.22. The van der Waals surface area contributed by atoms with Crippen molar-refractivity contribution in [3.05, 3.63) is 157 Å². The molecule has 0 atom stereocenters. The number of ether oxygens (including phenoxy) is 1. The molecule has 0 aliphatic rings. The van der Waals surface area contributed by atoms with E-state index in [0.717, 1.165) is 77.4 Å². The summed E-state index contributed by atoms with van der Waals surface area (Å²) in [5.74, 6) is 2.26. The van der Waals surface area contributed by atoms with Gasteiger partial charge in [0.2, 0.25) is 0 Å². The molecule has 55 heavy (non-hydrogen) atoms. The number of hydrogen-bond donors (Lipinski definition) is 0. The van der Waals surface area contributed by atoms with Gasteiger partial charge in [-0.2, -0.15) is 0 Å². The molecule has 7 aromatic carbocycles. The van der Waals surface area contributed by atoms with Crippen molar-refractivity contribution in [2.75, 3.05) is 0 Å². The van der Waals surface area contributed by atoms with Crippen molar-refractivity contribution in [3.63, 3.8) is 0 Å². The van der Waals surface area contributed by atoms with Crippen LogP contribution in [0.25, 0.3) is 87.8 Å². The fourth-order valence-electron chi connectivity index (χ4n) is 9.01. The molecule has 4 heterocycles. The number of fused-ring (bicyclic) bond motifs is 16. The summed E-state index contributed by atoms with van der Waals surface area (Å²) in [4.78, 5) is 10.4. The SMILES string of the molecule is CC(C)c1cccc(C(C)C)c1-c1cccc2c1c1ccc(Oc3ccc4c5ccccc5n5c6ccccc6nc5c4c3)cc1c1nc3ccccc3n21. The summed E-state index contributed by atoms with van der Waals surface area (Å²) in [6.07, 6.45) is 0. The molecule has 0 fully saturated rings. The molecule has 264 valence electrons. The molecule has 0 aliphatic carbocycles. The maximum Gasteiger partial charge on any atom is 0.146 e. The van der Waals surface area contributed by atoms with E-state index in [1.165, 1.54) is 33.0 Å². The van der Waals surface area contributed by atoms with E-state index >= 15 is 0 Å². The zero-order valence-electron chi connectivity index (χ0n) is 31.2. The van der Waals surface area contributed by atoms with Gasteiger partial charge in [-0.1, -0.05) is 100 Å². The monoisotopic (exact) mass is 710 g/mol. The Morgan fingerprint density at radius 3 is 1.58 bits per heavy atom. The van der Waals surface area contributed by atoms with Gasteiger partial charge in [0, 0.05) is 21.5 Å². The molecule has 5 heteroatoms. The second-order valence-electron chi connectivity index (χ2n) is 15.4. The molecule has 0 spiro atoms. The Morgan fingerprint density at radius 1 is 0.436 bits per heavy atom. The molecule has 0 radical (unpaired) electrons. The Labute approximate surface area is 318 Å². The number of benzene rings is 7. The van der Waals surface area contributed by atoms with Crippen LogP contribution in [0.2, 0.25) is 0 Å². The van der Waals surface area contributed by atoms with Gasteiger partial charge in [0.05, 0.1) is 33.1 Å². The van der Waals surface area contributed by atoms with Crippen molar-refractivity contribution in [1.29, 1.82) is 0 Å². The standard InChI is InChI=1S/C50H38N4O/c1-29(2)33-14-11-15-34(30(3)4)47(33)38-16-12-22-46-48(38)37-26-24-32(28-40(37)50-52-42-18-7-10-21-45(42)54(46)50)55-31-23-25-35-36-13-5-8-19-43(36)53-44-20-9-6-17-41(44)51-49(53)39(35)27-31/h5-30H,1-4H3. The molecule has 0 amide bonds. The van der Waals surface area contributed by atoms with Crippen LogP contribution >= 0.6 is 0 Å². The average molecular weight is 711 g/mol. The lowest BCUT2D eigenvalue weighted by atomic mass is 9.83. The minimum Gasteiger partial charge on any atom is -0.457 e. The van der Waals surface area contributed by atoms with Gasteiger partial charge in [-0.05, 0) is 118 Å². The first-order valence-electron chi connectivity index (χ1n) is 19.2. The zero-order chi connectivity index (χ0) is 36.9. The first-order chi connectivity index (χ1) is 26.9. The highest BCUT2D eigenvalue weighted by molar-refractivity contribution is 6.19. The summed E-state index contributed by atoms with van der Waals surface area (Å²) in [5.41, 5.74) is 13.6. The minimum atomic E-state index is 0.370. The second-order valence-corrected chi connectivity index (χ2v) is 15.4. The van der Waals surface area contributed by atoms with Gasteiger partial charge in [0.25, 0.3) is 0 Å². The molecule has 11 aromatic rings. The van der Waals surface area contributed by atoms with Gasteiger partial charge in [-0.15, -0.1) is 0 Å². The lowest BCUT2D eigenvalue weighted by molar-refractivity contribution is 0.484. The fourth-order valence-corrected chi connectivity index (χ4v) is 9.01. The molecular formula is C50H38N4O. The third-order valence-corrected chi connectivity index (χ3v) is 11.5. The number of hydrogen-bond acceptors (Lipinski definition) is 3. The molecule has 0 aliphatic heterocycles. The smallest absolute Gasteiger partial charge is 0.146 e. The topological polar surface area (TPSA) is 43.8 Å². The predicted molar refractivity (Wildman–Crippen MR) is 229 cm³/mol.